The summed E-state index contributed by atoms with van der Waals surface area (Å²) in [7, 11) is 0. The quantitative estimate of drug-likeness (QED) is 0.362. The van der Waals surface area contributed by atoms with E-state index >= 15 is 0 Å². The summed E-state index contributed by atoms with van der Waals surface area (Å²) in [6, 6.07) is 7.70. The lowest BCUT2D eigenvalue weighted by atomic mass is 9.98. The zero-order chi connectivity index (χ0) is 10.8. The number of Topliss-reactive ketones (excluding diaryl/α,β-unsaturated/α-hetero) is 1. The van der Waals surface area contributed by atoms with Crippen LogP contribution >= 0.6 is 15.9 Å². The average molecular weight is 268 g/mol. The molecular weight excluding hydrogens is 258 g/mol. The first-order valence-corrected chi connectivity index (χ1v) is 5.79. The Morgan fingerprint density at radius 2 is 2.27 bits per heavy atom. The molecule has 4 heteroatoms. The summed E-state index contributed by atoms with van der Waals surface area (Å²) in [6.45, 7) is 0.585. The van der Waals surface area contributed by atoms with Crippen LogP contribution in [0.25, 0.3) is 0 Å². The molecule has 0 radical (unpaired) electrons. The van der Waals surface area contributed by atoms with Gasteiger partial charge in [0.15, 0.2) is 6.29 Å². The Labute approximate surface area is 96.2 Å². The highest BCUT2D eigenvalue weighted by molar-refractivity contribution is 9.09. The Morgan fingerprint density at radius 3 is 2.93 bits per heavy atom. The molecule has 0 amide bonds. The van der Waals surface area contributed by atoms with E-state index in [1.807, 2.05) is 29.2 Å². The maximum absolute atomic E-state index is 11.4. The molecule has 1 aliphatic heterocycles. The number of hydrogen-bond donors (Lipinski definition) is 0. The van der Waals surface area contributed by atoms with Gasteiger partial charge in [-0.15, -0.1) is 0 Å². The Bertz CT molecular complexity index is 405. The molecule has 3 nitrogen and oxygen atoms in total. The molecule has 78 valence electrons. The largest absolute Gasteiger partial charge is 0.360 e. The molecule has 1 atom stereocenters. The number of halogens is 1. The van der Waals surface area contributed by atoms with E-state index < -0.39 is 0 Å². The van der Waals surface area contributed by atoms with Crippen molar-refractivity contribution in [3.8, 4) is 0 Å². The van der Waals surface area contributed by atoms with E-state index in [1.54, 1.807) is 0 Å². The van der Waals surface area contributed by atoms with Crippen LogP contribution in [-0.4, -0.2) is 24.1 Å². The van der Waals surface area contributed by atoms with Gasteiger partial charge in [-0.25, -0.2) is 0 Å². The molecule has 0 N–H and O–H groups in total. The second kappa shape index (κ2) is 4.14. The van der Waals surface area contributed by atoms with Gasteiger partial charge < -0.3 is 4.90 Å². The number of ketones is 1. The van der Waals surface area contributed by atoms with Gasteiger partial charge in [-0.2, -0.15) is 0 Å². The van der Waals surface area contributed by atoms with E-state index in [2.05, 4.69) is 15.9 Å². The number of para-hydroxylation sites is 1. The summed E-state index contributed by atoms with van der Waals surface area (Å²) in [5, 5.41) is 0. The zero-order valence-corrected chi connectivity index (χ0v) is 9.61. The molecule has 0 fully saturated rings. The van der Waals surface area contributed by atoms with Gasteiger partial charge >= 0.3 is 0 Å². The van der Waals surface area contributed by atoms with Gasteiger partial charge in [0.05, 0.1) is 11.4 Å². The monoisotopic (exact) mass is 267 g/mol. The highest BCUT2D eigenvalue weighted by atomic mass is 79.9. The molecule has 0 saturated heterocycles. The van der Waals surface area contributed by atoms with Gasteiger partial charge in [-0.1, -0.05) is 34.1 Å². The highest BCUT2D eigenvalue weighted by Gasteiger charge is 2.32. The molecule has 2 rings (SSSR count). The Hall–Kier alpha value is -1.16. The Balaban J connectivity index is 2.41. The van der Waals surface area contributed by atoms with E-state index in [0.717, 1.165) is 11.3 Å². The van der Waals surface area contributed by atoms with E-state index in [4.69, 9.17) is 0 Å². The molecule has 1 aromatic rings. The summed E-state index contributed by atoms with van der Waals surface area (Å²) < 4.78 is 0. The number of benzene rings is 1. The fraction of sp³-hybridized carbons (Fsp3) is 0.273. The maximum Gasteiger partial charge on any atom is 0.204 e. The van der Waals surface area contributed by atoms with Crippen molar-refractivity contribution >= 4 is 33.7 Å². The average Bonchev–Trinajstić information content (AvgIpc) is 2.67. The lowest BCUT2D eigenvalue weighted by Crippen LogP contribution is -2.23. The molecule has 0 saturated carbocycles. The molecule has 1 unspecified atom stereocenters. The first kappa shape index (κ1) is 10.4. The summed E-state index contributed by atoms with van der Waals surface area (Å²) >= 11 is 3.37. The predicted molar refractivity (Wildman–Crippen MR) is 61.4 cm³/mol. The SMILES string of the molecule is O=CC(=O)C1CN(CBr)c2ccccc21. The predicted octanol–water partition coefficient (Wildman–Crippen LogP) is 1.71. The third-order valence-electron chi connectivity index (χ3n) is 2.66. The van der Waals surface area contributed by atoms with Gasteiger partial charge in [0.25, 0.3) is 0 Å². The third kappa shape index (κ3) is 1.69. The first-order valence-electron chi connectivity index (χ1n) is 4.66. The standard InChI is InChI=1S/C11H10BrNO2/c12-7-13-5-9(11(15)6-14)8-3-1-2-4-10(8)13/h1-4,6,9H,5,7H2. The van der Waals surface area contributed by atoms with Crippen molar-refractivity contribution in [2.45, 2.75) is 5.92 Å². The summed E-state index contributed by atoms with van der Waals surface area (Å²) in [5.41, 5.74) is 2.66. The van der Waals surface area contributed by atoms with Crippen molar-refractivity contribution in [1.82, 2.24) is 0 Å². The second-order valence-corrected chi connectivity index (χ2v) is 3.98. The van der Waals surface area contributed by atoms with Crippen LogP contribution < -0.4 is 4.90 Å². The van der Waals surface area contributed by atoms with Gasteiger partial charge in [-0.3, -0.25) is 9.59 Å². The maximum atomic E-state index is 11.4. The molecule has 15 heavy (non-hydrogen) atoms. The number of carbonyl (C=O) groups is 2. The van der Waals surface area contributed by atoms with Gasteiger partial charge in [0.1, 0.15) is 0 Å². The van der Waals surface area contributed by atoms with E-state index in [-0.39, 0.29) is 11.7 Å². The zero-order valence-electron chi connectivity index (χ0n) is 8.02. The number of aldehydes is 1. The Morgan fingerprint density at radius 1 is 1.53 bits per heavy atom. The van der Waals surface area contributed by atoms with Crippen LogP contribution in [0.3, 0.4) is 0 Å². The van der Waals surface area contributed by atoms with Crippen molar-refractivity contribution in [3.63, 3.8) is 0 Å². The third-order valence-corrected chi connectivity index (χ3v) is 3.27. The van der Waals surface area contributed by atoms with Crippen LogP contribution in [-0.2, 0) is 9.59 Å². The van der Waals surface area contributed by atoms with Crippen LogP contribution in [0.15, 0.2) is 24.3 Å². The summed E-state index contributed by atoms with van der Waals surface area (Å²) in [5.74, 6) is -0.637. The summed E-state index contributed by atoms with van der Waals surface area (Å²) in [4.78, 5) is 24.0. The molecular formula is C11H10BrNO2. The number of rotatable bonds is 3. The van der Waals surface area contributed by atoms with Crippen LogP contribution in [0.4, 0.5) is 5.69 Å². The smallest absolute Gasteiger partial charge is 0.204 e. The highest BCUT2D eigenvalue weighted by Crippen LogP contribution is 2.36. The molecule has 0 spiro atoms. The number of nitrogens with zero attached hydrogens (tertiary/aromatic N) is 1. The number of carbonyl (C=O) groups excluding carboxylic acids is 2. The molecule has 0 bridgehead atoms. The second-order valence-electron chi connectivity index (χ2n) is 3.47. The molecule has 1 heterocycles. The number of anilines is 1. The minimum atomic E-state index is -0.342. The van der Waals surface area contributed by atoms with Crippen LogP contribution in [0.1, 0.15) is 11.5 Å². The van der Waals surface area contributed by atoms with E-state index in [1.165, 1.54) is 0 Å². The van der Waals surface area contributed by atoms with Gasteiger partial charge in [0, 0.05) is 12.2 Å². The topological polar surface area (TPSA) is 37.4 Å². The molecule has 0 aliphatic carbocycles. The normalized spacial score (nSPS) is 18.7. The van der Waals surface area contributed by atoms with E-state index in [9.17, 15) is 9.59 Å². The van der Waals surface area contributed by atoms with Crippen molar-refractivity contribution < 1.29 is 9.59 Å². The van der Waals surface area contributed by atoms with Crippen molar-refractivity contribution in [3.05, 3.63) is 29.8 Å². The van der Waals surface area contributed by atoms with Gasteiger partial charge in [-0.05, 0) is 11.6 Å². The van der Waals surface area contributed by atoms with Gasteiger partial charge in [0.2, 0.25) is 5.78 Å². The Kier molecular flexibility index (Phi) is 2.86. The van der Waals surface area contributed by atoms with Crippen LogP contribution in [0.5, 0.6) is 0 Å². The number of hydrogen-bond acceptors (Lipinski definition) is 3. The minimum absolute atomic E-state index is 0.295. The number of fused-ring (bicyclic) bond motifs is 1. The van der Waals surface area contributed by atoms with Crippen LogP contribution in [0, 0.1) is 0 Å². The first-order chi connectivity index (χ1) is 7.27. The molecule has 1 aromatic carbocycles. The minimum Gasteiger partial charge on any atom is -0.360 e. The molecule has 0 aromatic heterocycles. The van der Waals surface area contributed by atoms with Crippen molar-refractivity contribution in [1.29, 1.82) is 0 Å². The van der Waals surface area contributed by atoms with Crippen LogP contribution in [0.2, 0.25) is 0 Å². The lowest BCUT2D eigenvalue weighted by Gasteiger charge is -2.15. The number of alkyl halides is 1. The fourth-order valence-electron chi connectivity index (χ4n) is 1.93. The fourth-order valence-corrected chi connectivity index (χ4v) is 2.40. The van der Waals surface area contributed by atoms with Crippen molar-refractivity contribution in [2.24, 2.45) is 0 Å². The lowest BCUT2D eigenvalue weighted by molar-refractivity contribution is -0.130. The molecule has 1 aliphatic rings. The van der Waals surface area contributed by atoms with Crippen molar-refractivity contribution in [2.75, 3.05) is 16.9 Å². The summed E-state index contributed by atoms with van der Waals surface area (Å²) in [6.07, 6.45) is 0.416. The van der Waals surface area contributed by atoms with E-state index in [0.29, 0.717) is 18.3 Å².